The van der Waals surface area contributed by atoms with Gasteiger partial charge in [-0.05, 0) is 24.5 Å². The van der Waals surface area contributed by atoms with Crippen LogP contribution in [0.1, 0.15) is 30.0 Å². The number of rotatable bonds is 1. The summed E-state index contributed by atoms with van der Waals surface area (Å²) in [5.41, 5.74) is 8.23. The molecule has 1 aliphatic heterocycles. The summed E-state index contributed by atoms with van der Waals surface area (Å²) in [4.78, 5) is 11.0. The minimum Gasteiger partial charge on any atom is -0.291 e. The van der Waals surface area contributed by atoms with Crippen molar-refractivity contribution in [3.8, 4) is 0 Å². The second kappa shape index (κ2) is 3.80. The molecule has 1 aliphatic rings. The SMILES string of the molecule is Cc1ccccc1[C@H]1CCC(=O)NN1. The fourth-order valence-electron chi connectivity index (χ4n) is 1.79. The molecule has 74 valence electrons. The van der Waals surface area contributed by atoms with E-state index in [0.29, 0.717) is 6.42 Å². The number of nitrogens with one attached hydrogen (secondary N) is 2. The van der Waals surface area contributed by atoms with Crippen molar-refractivity contribution in [2.45, 2.75) is 25.8 Å². The highest BCUT2D eigenvalue weighted by atomic mass is 16.2. The summed E-state index contributed by atoms with van der Waals surface area (Å²) in [7, 11) is 0. The largest absolute Gasteiger partial charge is 0.291 e. The second-order valence-corrected chi connectivity index (χ2v) is 3.64. The van der Waals surface area contributed by atoms with Crippen LogP contribution < -0.4 is 10.9 Å². The summed E-state index contributed by atoms with van der Waals surface area (Å²) in [5.74, 6) is 0.0786. The van der Waals surface area contributed by atoms with Crippen molar-refractivity contribution in [3.63, 3.8) is 0 Å². The first-order chi connectivity index (χ1) is 6.77. The van der Waals surface area contributed by atoms with Gasteiger partial charge in [-0.25, -0.2) is 5.43 Å². The van der Waals surface area contributed by atoms with Gasteiger partial charge in [-0.2, -0.15) is 0 Å². The molecule has 0 radical (unpaired) electrons. The third-order valence-electron chi connectivity index (χ3n) is 2.61. The third-order valence-corrected chi connectivity index (χ3v) is 2.61. The van der Waals surface area contributed by atoms with Crippen molar-refractivity contribution in [3.05, 3.63) is 35.4 Å². The predicted molar refractivity (Wildman–Crippen MR) is 54.4 cm³/mol. The highest BCUT2D eigenvalue weighted by Crippen LogP contribution is 2.22. The van der Waals surface area contributed by atoms with E-state index in [0.717, 1.165) is 6.42 Å². The van der Waals surface area contributed by atoms with Crippen LogP contribution in [0.5, 0.6) is 0 Å². The first-order valence-electron chi connectivity index (χ1n) is 4.87. The van der Waals surface area contributed by atoms with Crippen LogP contribution in [0.3, 0.4) is 0 Å². The number of carbonyl (C=O) groups excluding carboxylic acids is 1. The maximum atomic E-state index is 11.0. The number of hydrazine groups is 1. The van der Waals surface area contributed by atoms with Crippen molar-refractivity contribution >= 4 is 5.91 Å². The van der Waals surface area contributed by atoms with Gasteiger partial charge in [-0.1, -0.05) is 24.3 Å². The Morgan fingerprint density at radius 3 is 2.79 bits per heavy atom. The average Bonchev–Trinajstić information content (AvgIpc) is 2.20. The van der Waals surface area contributed by atoms with Crippen LogP contribution in [-0.4, -0.2) is 5.91 Å². The van der Waals surface area contributed by atoms with E-state index in [2.05, 4.69) is 29.9 Å². The van der Waals surface area contributed by atoms with Crippen molar-refractivity contribution in [1.82, 2.24) is 10.9 Å². The Morgan fingerprint density at radius 2 is 2.14 bits per heavy atom. The third kappa shape index (κ3) is 1.77. The molecule has 0 aromatic heterocycles. The molecule has 1 fully saturated rings. The van der Waals surface area contributed by atoms with Gasteiger partial charge in [-0.3, -0.25) is 10.2 Å². The van der Waals surface area contributed by atoms with E-state index >= 15 is 0 Å². The Bertz CT molecular complexity index is 339. The summed E-state index contributed by atoms with van der Waals surface area (Å²) in [6, 6.07) is 8.51. The lowest BCUT2D eigenvalue weighted by Crippen LogP contribution is -2.44. The molecule has 1 atom stereocenters. The number of amides is 1. The number of hydrogen-bond donors (Lipinski definition) is 2. The van der Waals surface area contributed by atoms with Crippen LogP contribution in [0.15, 0.2) is 24.3 Å². The average molecular weight is 190 g/mol. The minimum absolute atomic E-state index is 0.0786. The molecule has 14 heavy (non-hydrogen) atoms. The number of aryl methyl sites for hydroxylation is 1. The Kier molecular flexibility index (Phi) is 2.50. The van der Waals surface area contributed by atoms with Crippen LogP contribution >= 0.6 is 0 Å². The van der Waals surface area contributed by atoms with Gasteiger partial charge in [0.1, 0.15) is 0 Å². The molecule has 1 heterocycles. The quantitative estimate of drug-likeness (QED) is 0.703. The van der Waals surface area contributed by atoms with E-state index in [9.17, 15) is 4.79 Å². The molecule has 0 bridgehead atoms. The number of hydrogen-bond acceptors (Lipinski definition) is 2. The summed E-state index contributed by atoms with van der Waals surface area (Å²) in [6.07, 6.45) is 1.47. The van der Waals surface area contributed by atoms with Crippen molar-refractivity contribution in [2.24, 2.45) is 0 Å². The smallest absolute Gasteiger partial charge is 0.234 e. The van der Waals surface area contributed by atoms with Gasteiger partial charge < -0.3 is 0 Å². The van der Waals surface area contributed by atoms with E-state index in [1.54, 1.807) is 0 Å². The lowest BCUT2D eigenvalue weighted by Gasteiger charge is -2.25. The minimum atomic E-state index is 0.0786. The van der Waals surface area contributed by atoms with E-state index in [1.807, 2.05) is 12.1 Å². The van der Waals surface area contributed by atoms with Gasteiger partial charge in [0.15, 0.2) is 0 Å². The number of carbonyl (C=O) groups is 1. The van der Waals surface area contributed by atoms with Gasteiger partial charge in [0.25, 0.3) is 0 Å². The van der Waals surface area contributed by atoms with Crippen molar-refractivity contribution in [1.29, 1.82) is 0 Å². The molecule has 0 unspecified atom stereocenters. The van der Waals surface area contributed by atoms with Crippen LogP contribution in [0, 0.1) is 6.92 Å². The van der Waals surface area contributed by atoms with Crippen LogP contribution in [-0.2, 0) is 4.79 Å². The Hall–Kier alpha value is -1.35. The maximum Gasteiger partial charge on any atom is 0.234 e. The fourth-order valence-corrected chi connectivity index (χ4v) is 1.79. The predicted octanol–water partition coefficient (Wildman–Crippen LogP) is 1.45. The summed E-state index contributed by atoms with van der Waals surface area (Å²) >= 11 is 0. The van der Waals surface area contributed by atoms with Gasteiger partial charge in [0.05, 0.1) is 6.04 Å². The van der Waals surface area contributed by atoms with E-state index in [-0.39, 0.29) is 11.9 Å². The summed E-state index contributed by atoms with van der Waals surface area (Å²) in [5, 5.41) is 0. The zero-order chi connectivity index (χ0) is 9.97. The summed E-state index contributed by atoms with van der Waals surface area (Å²) in [6.45, 7) is 2.09. The van der Waals surface area contributed by atoms with Gasteiger partial charge >= 0.3 is 0 Å². The molecule has 2 rings (SSSR count). The molecule has 0 aliphatic carbocycles. The molecule has 3 heteroatoms. The lowest BCUT2D eigenvalue weighted by atomic mass is 9.97. The van der Waals surface area contributed by atoms with E-state index in [1.165, 1.54) is 11.1 Å². The van der Waals surface area contributed by atoms with Crippen molar-refractivity contribution in [2.75, 3.05) is 0 Å². The van der Waals surface area contributed by atoms with Gasteiger partial charge in [0, 0.05) is 6.42 Å². The Balaban J connectivity index is 2.16. The first kappa shape index (κ1) is 9.21. The monoisotopic (exact) mass is 190 g/mol. The Morgan fingerprint density at radius 1 is 1.36 bits per heavy atom. The molecule has 0 saturated carbocycles. The highest BCUT2D eigenvalue weighted by molar-refractivity contribution is 5.76. The molecular weight excluding hydrogens is 176 g/mol. The fraction of sp³-hybridized carbons (Fsp3) is 0.364. The lowest BCUT2D eigenvalue weighted by molar-refractivity contribution is -0.124. The Labute approximate surface area is 83.5 Å². The highest BCUT2D eigenvalue weighted by Gasteiger charge is 2.19. The second-order valence-electron chi connectivity index (χ2n) is 3.64. The zero-order valence-electron chi connectivity index (χ0n) is 8.21. The van der Waals surface area contributed by atoms with Crippen molar-refractivity contribution < 1.29 is 4.79 Å². The molecular formula is C11H14N2O. The van der Waals surface area contributed by atoms with Gasteiger partial charge in [-0.15, -0.1) is 0 Å². The topological polar surface area (TPSA) is 41.1 Å². The molecule has 1 aromatic rings. The standard InChI is InChI=1S/C11H14N2O/c1-8-4-2-3-5-9(8)10-6-7-11(14)13-12-10/h2-5,10,12H,6-7H2,1H3,(H,13,14)/t10-/m1/s1. The van der Waals surface area contributed by atoms with Gasteiger partial charge in [0.2, 0.25) is 5.91 Å². The first-order valence-corrected chi connectivity index (χ1v) is 4.87. The maximum absolute atomic E-state index is 11.0. The number of benzene rings is 1. The normalized spacial score (nSPS) is 21.8. The molecule has 1 amide bonds. The molecule has 2 N–H and O–H groups in total. The molecule has 1 aromatic carbocycles. The summed E-state index contributed by atoms with van der Waals surface area (Å²) < 4.78 is 0. The van der Waals surface area contributed by atoms with E-state index in [4.69, 9.17) is 0 Å². The van der Waals surface area contributed by atoms with Crippen LogP contribution in [0.25, 0.3) is 0 Å². The van der Waals surface area contributed by atoms with Crippen LogP contribution in [0.4, 0.5) is 0 Å². The molecule has 3 nitrogen and oxygen atoms in total. The van der Waals surface area contributed by atoms with E-state index < -0.39 is 0 Å². The molecule has 0 spiro atoms. The molecule has 1 saturated heterocycles. The van der Waals surface area contributed by atoms with Crippen LogP contribution in [0.2, 0.25) is 0 Å². The zero-order valence-corrected chi connectivity index (χ0v) is 8.21.